The first-order valence-corrected chi connectivity index (χ1v) is 9.16. The van der Waals surface area contributed by atoms with Crippen LogP contribution >= 0.6 is 11.6 Å². The van der Waals surface area contributed by atoms with Crippen LogP contribution in [0.4, 0.5) is 10.1 Å². The number of fused-ring (bicyclic) bond motifs is 2. The first kappa shape index (κ1) is 18.3. The Morgan fingerprint density at radius 2 is 1.96 bits per heavy atom. The molecule has 0 saturated heterocycles. The predicted molar refractivity (Wildman–Crippen MR) is 110 cm³/mol. The van der Waals surface area contributed by atoms with Crippen molar-refractivity contribution in [2.75, 3.05) is 19.0 Å². The third-order valence-electron chi connectivity index (χ3n) is 4.54. The molecule has 0 saturated carbocycles. The van der Waals surface area contributed by atoms with Crippen LogP contribution in [0, 0.1) is 5.82 Å². The average Bonchev–Trinajstić information content (AvgIpc) is 3.13. The molecule has 2 aromatic heterocycles. The Kier molecular flexibility index (Phi) is 4.65. The van der Waals surface area contributed by atoms with Gasteiger partial charge < -0.3 is 15.0 Å². The van der Waals surface area contributed by atoms with Crippen LogP contribution in [0.2, 0.25) is 5.02 Å². The quantitative estimate of drug-likeness (QED) is 0.453. The number of nitrogens with zero attached hydrogens (tertiary/aromatic N) is 1. The zero-order chi connectivity index (χ0) is 19.8. The fourth-order valence-corrected chi connectivity index (χ4v) is 3.48. The number of aromatic nitrogens is 2. The molecule has 5 nitrogen and oxygen atoms in total. The molecule has 7 heteroatoms. The van der Waals surface area contributed by atoms with E-state index >= 15 is 0 Å². The van der Waals surface area contributed by atoms with Crippen LogP contribution in [0.3, 0.4) is 0 Å². The molecule has 4 aromatic rings. The van der Waals surface area contributed by atoms with Crippen LogP contribution in [0.5, 0.6) is 0 Å². The highest BCUT2D eigenvalue weighted by Crippen LogP contribution is 2.36. The van der Waals surface area contributed by atoms with Gasteiger partial charge in [0.1, 0.15) is 11.5 Å². The van der Waals surface area contributed by atoms with Crippen molar-refractivity contribution in [2.24, 2.45) is 0 Å². The van der Waals surface area contributed by atoms with Crippen molar-refractivity contribution >= 4 is 45.2 Å². The van der Waals surface area contributed by atoms with E-state index < -0.39 is 0 Å². The number of hydrogen-bond acceptors (Lipinski definition) is 4. The first-order valence-electron chi connectivity index (χ1n) is 8.78. The van der Waals surface area contributed by atoms with E-state index in [1.165, 1.54) is 12.1 Å². The molecule has 0 amide bonds. The SMILES string of the molecule is CCOC(=O)c1ccc(-c2cc3c(Cl)c4cc(F)cc(NC)c4nc3[nH]2)cc1. The number of anilines is 1. The standard InChI is InChI=1S/C21H17ClFN3O2/c1-3-28-21(27)12-6-4-11(5-7-12)16-10-15-18(22)14-8-13(23)9-17(24-2)19(14)26-20(15)25-16/h4-10,24H,3H2,1-2H3,(H,25,26). The maximum atomic E-state index is 13.9. The maximum Gasteiger partial charge on any atom is 0.338 e. The van der Waals surface area contributed by atoms with Crippen molar-refractivity contribution in [1.82, 2.24) is 9.97 Å². The number of benzene rings is 2. The summed E-state index contributed by atoms with van der Waals surface area (Å²) >= 11 is 6.56. The highest BCUT2D eigenvalue weighted by atomic mass is 35.5. The van der Waals surface area contributed by atoms with Crippen LogP contribution in [0.25, 0.3) is 33.2 Å². The van der Waals surface area contributed by atoms with E-state index in [4.69, 9.17) is 16.3 Å². The second-order valence-corrected chi connectivity index (χ2v) is 6.65. The van der Waals surface area contributed by atoms with Crippen LogP contribution in [-0.2, 0) is 4.74 Å². The van der Waals surface area contributed by atoms with Gasteiger partial charge in [-0.15, -0.1) is 0 Å². The summed E-state index contributed by atoms with van der Waals surface area (Å²) in [6, 6.07) is 11.7. The lowest BCUT2D eigenvalue weighted by molar-refractivity contribution is 0.0526. The van der Waals surface area contributed by atoms with E-state index in [2.05, 4.69) is 15.3 Å². The molecule has 0 bridgehead atoms. The maximum absolute atomic E-state index is 13.9. The van der Waals surface area contributed by atoms with Gasteiger partial charge in [-0.1, -0.05) is 23.7 Å². The molecule has 0 radical (unpaired) electrons. The van der Waals surface area contributed by atoms with Gasteiger partial charge in [-0.25, -0.2) is 14.2 Å². The van der Waals surface area contributed by atoms with Crippen LogP contribution < -0.4 is 5.32 Å². The molecule has 0 unspecified atom stereocenters. The van der Waals surface area contributed by atoms with Gasteiger partial charge in [0, 0.05) is 23.5 Å². The highest BCUT2D eigenvalue weighted by Gasteiger charge is 2.15. The van der Waals surface area contributed by atoms with Crippen molar-refractivity contribution < 1.29 is 13.9 Å². The summed E-state index contributed by atoms with van der Waals surface area (Å²) in [5.74, 6) is -0.742. The minimum Gasteiger partial charge on any atom is -0.462 e. The van der Waals surface area contributed by atoms with Crippen LogP contribution in [-0.4, -0.2) is 29.6 Å². The number of aromatic amines is 1. The van der Waals surface area contributed by atoms with Gasteiger partial charge >= 0.3 is 5.97 Å². The summed E-state index contributed by atoms with van der Waals surface area (Å²) in [4.78, 5) is 19.7. The second kappa shape index (κ2) is 7.13. The number of halogens is 2. The highest BCUT2D eigenvalue weighted by molar-refractivity contribution is 6.40. The van der Waals surface area contributed by atoms with Gasteiger partial charge in [0.25, 0.3) is 0 Å². The lowest BCUT2D eigenvalue weighted by Crippen LogP contribution is -2.03. The number of hydrogen-bond donors (Lipinski definition) is 2. The van der Waals surface area contributed by atoms with E-state index in [0.29, 0.717) is 44.8 Å². The van der Waals surface area contributed by atoms with E-state index in [1.807, 2.05) is 18.2 Å². The molecule has 0 spiro atoms. The molecule has 0 aliphatic rings. The van der Waals surface area contributed by atoms with E-state index in [9.17, 15) is 9.18 Å². The third kappa shape index (κ3) is 3.05. The van der Waals surface area contributed by atoms with Crippen LogP contribution in [0.1, 0.15) is 17.3 Å². The number of rotatable bonds is 4. The fourth-order valence-electron chi connectivity index (χ4n) is 3.19. The smallest absolute Gasteiger partial charge is 0.338 e. The van der Waals surface area contributed by atoms with Gasteiger partial charge in [0.05, 0.1) is 28.4 Å². The Labute approximate surface area is 165 Å². The van der Waals surface area contributed by atoms with E-state index in [0.717, 1.165) is 11.3 Å². The largest absolute Gasteiger partial charge is 0.462 e. The molecule has 0 fully saturated rings. The van der Waals surface area contributed by atoms with E-state index in [1.54, 1.807) is 26.1 Å². The Balaban J connectivity index is 1.82. The molecule has 0 aliphatic carbocycles. The van der Waals surface area contributed by atoms with Gasteiger partial charge in [-0.3, -0.25) is 0 Å². The zero-order valence-corrected chi connectivity index (χ0v) is 16.0. The summed E-state index contributed by atoms with van der Waals surface area (Å²) in [6.07, 6.45) is 0. The van der Waals surface area contributed by atoms with Crippen molar-refractivity contribution in [1.29, 1.82) is 0 Å². The Bertz CT molecular complexity index is 1200. The monoisotopic (exact) mass is 397 g/mol. The summed E-state index contributed by atoms with van der Waals surface area (Å²) in [5, 5.41) is 4.63. The molecule has 2 N–H and O–H groups in total. The summed E-state index contributed by atoms with van der Waals surface area (Å²) in [5.41, 5.74) is 3.90. The number of ether oxygens (including phenoxy) is 1. The number of nitrogens with one attached hydrogen (secondary N) is 2. The summed E-state index contributed by atoms with van der Waals surface area (Å²) in [6.45, 7) is 2.10. The molecular weight excluding hydrogens is 381 g/mol. The summed E-state index contributed by atoms with van der Waals surface area (Å²) in [7, 11) is 1.71. The minimum absolute atomic E-state index is 0.329. The average molecular weight is 398 g/mol. The second-order valence-electron chi connectivity index (χ2n) is 6.27. The normalized spacial score (nSPS) is 11.1. The number of carbonyl (C=O) groups is 1. The third-order valence-corrected chi connectivity index (χ3v) is 4.95. The van der Waals surface area contributed by atoms with Crippen LogP contribution in [0.15, 0.2) is 42.5 Å². The lowest BCUT2D eigenvalue weighted by atomic mass is 10.1. The molecule has 28 heavy (non-hydrogen) atoms. The molecule has 0 atom stereocenters. The number of H-pyrrole nitrogens is 1. The Morgan fingerprint density at radius 3 is 2.64 bits per heavy atom. The summed E-state index contributed by atoms with van der Waals surface area (Å²) < 4.78 is 18.9. The minimum atomic E-state index is -0.384. The Hall–Kier alpha value is -3.12. The molecular formula is C21H17ClFN3O2. The molecule has 2 heterocycles. The lowest BCUT2D eigenvalue weighted by Gasteiger charge is -2.07. The zero-order valence-electron chi connectivity index (χ0n) is 15.3. The van der Waals surface area contributed by atoms with Crippen molar-refractivity contribution in [3.8, 4) is 11.3 Å². The first-order chi connectivity index (χ1) is 13.5. The molecule has 2 aromatic carbocycles. The van der Waals surface area contributed by atoms with Gasteiger partial charge in [0.2, 0.25) is 0 Å². The van der Waals surface area contributed by atoms with Gasteiger partial charge in [-0.05, 0) is 42.8 Å². The molecule has 4 rings (SSSR count). The van der Waals surface area contributed by atoms with Crippen molar-refractivity contribution in [3.63, 3.8) is 0 Å². The van der Waals surface area contributed by atoms with Crippen molar-refractivity contribution in [2.45, 2.75) is 6.92 Å². The number of carbonyl (C=O) groups excluding carboxylic acids is 1. The fraction of sp³-hybridized carbons (Fsp3) is 0.143. The van der Waals surface area contributed by atoms with E-state index in [-0.39, 0.29) is 11.8 Å². The topological polar surface area (TPSA) is 67.0 Å². The predicted octanol–water partition coefficient (Wildman–Crippen LogP) is 5.39. The van der Waals surface area contributed by atoms with Crippen molar-refractivity contribution in [3.05, 3.63) is 58.9 Å². The number of esters is 1. The Morgan fingerprint density at radius 1 is 1.21 bits per heavy atom. The van der Waals surface area contributed by atoms with Gasteiger partial charge in [0.15, 0.2) is 0 Å². The molecule has 0 aliphatic heterocycles. The molecule has 142 valence electrons. The number of pyridine rings is 1. The van der Waals surface area contributed by atoms with Gasteiger partial charge in [-0.2, -0.15) is 0 Å².